The number of carboxylic acid groups (broad SMARTS) is 1. The molecule has 0 aromatic heterocycles. The van der Waals surface area contributed by atoms with Crippen molar-refractivity contribution >= 4 is 35.1 Å². The number of hydrogen-bond acceptors (Lipinski definition) is 3. The zero-order valence-electron chi connectivity index (χ0n) is 10.4. The Kier molecular flexibility index (Phi) is 4.88. The van der Waals surface area contributed by atoms with Gasteiger partial charge in [0, 0.05) is 14.0 Å². The van der Waals surface area contributed by atoms with E-state index in [9.17, 15) is 14.4 Å². The fraction of sp³-hybridized carbons (Fsp3) is 0.250. The molecule has 0 spiro atoms. The minimum Gasteiger partial charge on any atom is -0.478 e. The molecule has 102 valence electrons. The molecule has 0 aliphatic rings. The van der Waals surface area contributed by atoms with Gasteiger partial charge in [0.15, 0.2) is 0 Å². The van der Waals surface area contributed by atoms with Crippen LogP contribution in [0.25, 0.3) is 0 Å². The molecule has 0 radical (unpaired) electrons. The molecule has 0 unspecified atom stereocenters. The molecule has 0 aliphatic heterocycles. The average molecular weight is 285 g/mol. The third-order valence-electron chi connectivity index (χ3n) is 2.42. The summed E-state index contributed by atoms with van der Waals surface area (Å²) in [6.45, 7) is 1.16. The Hall–Kier alpha value is -2.08. The van der Waals surface area contributed by atoms with Gasteiger partial charge in [-0.2, -0.15) is 0 Å². The van der Waals surface area contributed by atoms with Crippen molar-refractivity contribution in [3.05, 3.63) is 28.8 Å². The van der Waals surface area contributed by atoms with E-state index in [1.807, 2.05) is 0 Å². The van der Waals surface area contributed by atoms with Gasteiger partial charge in [0.1, 0.15) is 5.56 Å². The number of nitrogens with zero attached hydrogens (tertiary/aromatic N) is 1. The van der Waals surface area contributed by atoms with Gasteiger partial charge >= 0.3 is 5.97 Å². The maximum Gasteiger partial charge on any atom is 0.339 e. The van der Waals surface area contributed by atoms with Crippen LogP contribution in [0.1, 0.15) is 17.3 Å². The lowest BCUT2D eigenvalue weighted by Gasteiger charge is -2.15. The molecule has 6 nitrogen and oxygen atoms in total. The Bertz CT molecular complexity index is 530. The molecule has 0 aliphatic carbocycles. The first-order valence-corrected chi connectivity index (χ1v) is 5.74. The number of likely N-dealkylation sites (N-methyl/N-ethyl adjacent to an activating group) is 1. The number of carbonyl (C=O) groups is 3. The van der Waals surface area contributed by atoms with Gasteiger partial charge in [0.25, 0.3) is 0 Å². The molecule has 0 fully saturated rings. The summed E-state index contributed by atoms with van der Waals surface area (Å²) in [5, 5.41) is 11.5. The summed E-state index contributed by atoms with van der Waals surface area (Å²) >= 11 is 5.77. The molecule has 19 heavy (non-hydrogen) atoms. The van der Waals surface area contributed by atoms with Gasteiger partial charge in [-0.3, -0.25) is 9.59 Å². The van der Waals surface area contributed by atoms with Crippen LogP contribution in [0.3, 0.4) is 0 Å². The Labute approximate surface area is 115 Å². The lowest BCUT2D eigenvalue weighted by atomic mass is 10.1. The largest absolute Gasteiger partial charge is 0.478 e. The van der Waals surface area contributed by atoms with E-state index in [1.165, 1.54) is 37.1 Å². The molecule has 1 rings (SSSR count). The van der Waals surface area contributed by atoms with Gasteiger partial charge in [0.2, 0.25) is 11.8 Å². The van der Waals surface area contributed by atoms with Gasteiger partial charge in [-0.1, -0.05) is 17.7 Å². The smallest absolute Gasteiger partial charge is 0.339 e. The van der Waals surface area contributed by atoms with Gasteiger partial charge in [0.05, 0.1) is 17.3 Å². The lowest BCUT2D eigenvalue weighted by Crippen LogP contribution is -2.33. The molecule has 1 aromatic rings. The molecule has 2 amide bonds. The summed E-state index contributed by atoms with van der Waals surface area (Å²) in [6.07, 6.45) is 0. The van der Waals surface area contributed by atoms with Crippen molar-refractivity contribution in [1.82, 2.24) is 4.90 Å². The number of nitrogens with one attached hydrogen (secondary N) is 1. The third kappa shape index (κ3) is 3.96. The minimum atomic E-state index is -1.24. The van der Waals surface area contributed by atoms with Crippen LogP contribution in [0.4, 0.5) is 5.69 Å². The van der Waals surface area contributed by atoms with E-state index in [2.05, 4.69) is 5.32 Å². The number of hydrogen-bond donors (Lipinski definition) is 2. The van der Waals surface area contributed by atoms with Crippen molar-refractivity contribution in [3.8, 4) is 0 Å². The molecule has 0 atom stereocenters. The van der Waals surface area contributed by atoms with Crippen LogP contribution in [0.15, 0.2) is 18.2 Å². The fourth-order valence-electron chi connectivity index (χ4n) is 1.36. The van der Waals surface area contributed by atoms with E-state index >= 15 is 0 Å². The number of amides is 2. The number of benzene rings is 1. The molecule has 0 heterocycles. The van der Waals surface area contributed by atoms with E-state index in [1.54, 1.807) is 0 Å². The first-order valence-electron chi connectivity index (χ1n) is 5.36. The third-order valence-corrected chi connectivity index (χ3v) is 2.73. The van der Waals surface area contributed by atoms with E-state index in [4.69, 9.17) is 16.7 Å². The highest BCUT2D eigenvalue weighted by atomic mass is 35.5. The summed E-state index contributed by atoms with van der Waals surface area (Å²) < 4.78 is 0. The first kappa shape index (κ1) is 15.0. The van der Waals surface area contributed by atoms with Gasteiger partial charge in [-0.25, -0.2) is 4.79 Å². The SMILES string of the molecule is CC(=O)N(C)CC(=O)Nc1cccc(Cl)c1C(=O)O. The van der Waals surface area contributed by atoms with Crippen LogP contribution in [-0.2, 0) is 9.59 Å². The lowest BCUT2D eigenvalue weighted by molar-refractivity contribution is -0.131. The Morgan fingerprint density at radius 1 is 1.37 bits per heavy atom. The van der Waals surface area contributed by atoms with E-state index in [0.717, 1.165) is 0 Å². The molecule has 1 aromatic carbocycles. The fourth-order valence-corrected chi connectivity index (χ4v) is 1.62. The topological polar surface area (TPSA) is 86.7 Å². The van der Waals surface area contributed by atoms with Crippen LogP contribution in [0.2, 0.25) is 5.02 Å². The Morgan fingerprint density at radius 2 is 2.00 bits per heavy atom. The van der Waals surface area contributed by atoms with Crippen molar-refractivity contribution in [1.29, 1.82) is 0 Å². The van der Waals surface area contributed by atoms with Crippen LogP contribution in [0, 0.1) is 0 Å². The van der Waals surface area contributed by atoms with Crippen LogP contribution in [0.5, 0.6) is 0 Å². The van der Waals surface area contributed by atoms with Gasteiger partial charge in [-0.05, 0) is 12.1 Å². The number of anilines is 1. The van der Waals surface area contributed by atoms with E-state index < -0.39 is 11.9 Å². The Balaban J connectivity index is 2.88. The van der Waals surface area contributed by atoms with Gasteiger partial charge < -0.3 is 15.3 Å². The number of carboxylic acids is 1. The summed E-state index contributed by atoms with van der Waals surface area (Å²) in [5.74, 6) is -2.00. The van der Waals surface area contributed by atoms with Crippen molar-refractivity contribution in [3.63, 3.8) is 0 Å². The summed E-state index contributed by atoms with van der Waals surface area (Å²) in [5.41, 5.74) is -0.0788. The molecule has 0 bridgehead atoms. The zero-order chi connectivity index (χ0) is 14.6. The quantitative estimate of drug-likeness (QED) is 0.876. The first-order chi connectivity index (χ1) is 8.82. The maximum absolute atomic E-state index is 11.7. The number of aromatic carboxylic acids is 1. The normalized spacial score (nSPS) is 9.84. The number of rotatable bonds is 4. The monoisotopic (exact) mass is 284 g/mol. The average Bonchev–Trinajstić information content (AvgIpc) is 2.27. The standard InChI is InChI=1S/C12H13ClN2O4/c1-7(16)15(2)6-10(17)14-9-5-3-4-8(13)11(9)12(18)19/h3-5H,6H2,1-2H3,(H,14,17)(H,18,19). The second-order valence-electron chi connectivity index (χ2n) is 3.89. The molecule has 7 heteroatoms. The van der Waals surface area contributed by atoms with Crippen LogP contribution in [-0.4, -0.2) is 41.4 Å². The van der Waals surface area contributed by atoms with Crippen LogP contribution >= 0.6 is 11.6 Å². The van der Waals surface area contributed by atoms with Gasteiger partial charge in [-0.15, -0.1) is 0 Å². The molecule has 0 saturated heterocycles. The van der Waals surface area contributed by atoms with Crippen molar-refractivity contribution < 1.29 is 19.5 Å². The predicted octanol–water partition coefficient (Wildman–Crippen LogP) is 1.45. The number of carbonyl (C=O) groups excluding carboxylic acids is 2. The summed E-state index contributed by atoms with van der Waals surface area (Å²) in [4.78, 5) is 34.9. The second-order valence-corrected chi connectivity index (χ2v) is 4.30. The highest BCUT2D eigenvalue weighted by Gasteiger charge is 2.17. The highest BCUT2D eigenvalue weighted by Crippen LogP contribution is 2.24. The minimum absolute atomic E-state index is 0.0326. The highest BCUT2D eigenvalue weighted by molar-refractivity contribution is 6.34. The molecular formula is C12H13ClN2O4. The predicted molar refractivity (Wildman–Crippen MR) is 70.4 cm³/mol. The molecule has 0 saturated carbocycles. The summed E-state index contributed by atoms with van der Waals surface area (Å²) in [7, 11) is 1.47. The Morgan fingerprint density at radius 3 is 2.53 bits per heavy atom. The van der Waals surface area contributed by atoms with Crippen molar-refractivity contribution in [2.75, 3.05) is 18.9 Å². The van der Waals surface area contributed by atoms with Crippen molar-refractivity contribution in [2.24, 2.45) is 0 Å². The molecular weight excluding hydrogens is 272 g/mol. The zero-order valence-corrected chi connectivity index (χ0v) is 11.2. The molecule has 2 N–H and O–H groups in total. The van der Waals surface area contributed by atoms with Crippen LogP contribution < -0.4 is 5.32 Å². The number of halogens is 1. The van der Waals surface area contributed by atoms with Crippen molar-refractivity contribution in [2.45, 2.75) is 6.92 Å². The summed E-state index contributed by atoms with van der Waals surface area (Å²) in [6, 6.07) is 4.38. The van der Waals surface area contributed by atoms with E-state index in [0.29, 0.717) is 0 Å². The maximum atomic E-state index is 11.7. The van der Waals surface area contributed by atoms with E-state index in [-0.39, 0.29) is 28.7 Å². The second kappa shape index (κ2) is 6.19.